The number of carbonyl (C=O) groups excluding carboxylic acids is 1. The predicted molar refractivity (Wildman–Crippen MR) is 130 cm³/mol. The number of nitrogens with zero attached hydrogens (tertiary/aromatic N) is 4. The van der Waals surface area contributed by atoms with E-state index in [4.69, 9.17) is 4.74 Å². The van der Waals surface area contributed by atoms with E-state index in [1.54, 1.807) is 47.3 Å². The van der Waals surface area contributed by atoms with E-state index in [2.05, 4.69) is 9.97 Å². The lowest BCUT2D eigenvalue weighted by Gasteiger charge is -2.22. The van der Waals surface area contributed by atoms with Gasteiger partial charge in [0, 0.05) is 43.5 Å². The smallest absolute Gasteiger partial charge is 0.262 e. The van der Waals surface area contributed by atoms with E-state index in [0.717, 1.165) is 21.7 Å². The minimum absolute atomic E-state index is 0.0154. The van der Waals surface area contributed by atoms with Crippen molar-refractivity contribution >= 4 is 27.1 Å². The maximum absolute atomic E-state index is 13.5. The summed E-state index contributed by atoms with van der Waals surface area (Å²) in [4.78, 5) is 19.6. The van der Waals surface area contributed by atoms with Gasteiger partial charge in [0.05, 0.1) is 6.33 Å². The van der Waals surface area contributed by atoms with Gasteiger partial charge in [-0.15, -0.1) is 11.3 Å². The predicted octanol–water partition coefficient (Wildman–Crippen LogP) is 3.90. The molecule has 2 aromatic heterocycles. The van der Waals surface area contributed by atoms with Gasteiger partial charge < -0.3 is 9.30 Å². The third-order valence-electron chi connectivity index (χ3n) is 4.98. The molecule has 176 valence electrons. The van der Waals surface area contributed by atoms with Crippen molar-refractivity contribution in [2.75, 3.05) is 6.61 Å². The lowest BCUT2D eigenvalue weighted by Crippen LogP contribution is -2.30. The fourth-order valence-corrected chi connectivity index (χ4v) is 5.35. The van der Waals surface area contributed by atoms with Crippen LogP contribution in [-0.4, -0.2) is 39.6 Å². The van der Waals surface area contributed by atoms with E-state index in [1.165, 1.54) is 23.8 Å². The molecule has 0 aliphatic rings. The molecule has 0 fully saturated rings. The number of sulfonamides is 1. The van der Waals surface area contributed by atoms with Crippen molar-refractivity contribution in [1.29, 1.82) is 0 Å². The van der Waals surface area contributed by atoms with Crippen LogP contribution in [-0.2, 0) is 35.0 Å². The van der Waals surface area contributed by atoms with E-state index in [1.807, 2.05) is 35.7 Å². The molecule has 0 aliphatic heterocycles. The van der Waals surface area contributed by atoms with Crippen LogP contribution in [0.15, 0.2) is 77.7 Å². The Morgan fingerprint density at radius 3 is 2.50 bits per heavy atom. The van der Waals surface area contributed by atoms with Gasteiger partial charge in [0.25, 0.3) is 10.0 Å². The SMILES string of the molecule is CC(=O)COc1cccc(CN(Cc2ccc(-c3nccs3)cc2)S(=O)(=O)c2cn(C)cn2)c1. The molecule has 0 N–H and O–H groups in total. The number of hydrogen-bond donors (Lipinski definition) is 0. The number of Topliss-reactive ketones (excluding diaryl/α,β-unsaturated/α-hetero) is 1. The zero-order chi connectivity index (χ0) is 24.1. The number of thiazole rings is 1. The molecule has 0 aliphatic carbocycles. The summed E-state index contributed by atoms with van der Waals surface area (Å²) in [5.74, 6) is 0.418. The first-order valence-corrected chi connectivity index (χ1v) is 12.8. The van der Waals surface area contributed by atoms with E-state index in [-0.39, 0.29) is 30.5 Å². The van der Waals surface area contributed by atoms with Crippen molar-refractivity contribution in [3.63, 3.8) is 0 Å². The van der Waals surface area contributed by atoms with E-state index >= 15 is 0 Å². The number of aromatic nitrogens is 3. The summed E-state index contributed by atoms with van der Waals surface area (Å²) in [6.07, 6.45) is 4.70. The van der Waals surface area contributed by atoms with Gasteiger partial charge in [-0.3, -0.25) is 4.79 Å². The molecule has 34 heavy (non-hydrogen) atoms. The number of ether oxygens (including phenoxy) is 1. The van der Waals surface area contributed by atoms with Gasteiger partial charge in [0.1, 0.15) is 17.4 Å². The standard InChI is InChI=1S/C24H24N4O4S2/c1-18(29)16-32-22-5-3-4-20(12-22)14-28(34(30,31)23-15-27(2)17-26-23)13-19-6-8-21(9-7-19)24-25-10-11-33-24/h3-12,15,17H,13-14,16H2,1-2H3. The Morgan fingerprint density at radius 2 is 1.85 bits per heavy atom. The number of rotatable bonds is 10. The summed E-state index contributed by atoms with van der Waals surface area (Å²) in [7, 11) is -2.15. The highest BCUT2D eigenvalue weighted by atomic mass is 32.2. The monoisotopic (exact) mass is 496 g/mol. The summed E-state index contributed by atoms with van der Waals surface area (Å²) >= 11 is 1.55. The van der Waals surface area contributed by atoms with Crippen molar-refractivity contribution in [2.24, 2.45) is 7.05 Å². The van der Waals surface area contributed by atoms with Gasteiger partial charge in [0.15, 0.2) is 10.8 Å². The first-order valence-electron chi connectivity index (χ1n) is 10.5. The first-order chi connectivity index (χ1) is 16.3. The molecule has 8 nitrogen and oxygen atoms in total. The van der Waals surface area contributed by atoms with E-state index in [9.17, 15) is 13.2 Å². The van der Waals surface area contributed by atoms with Crippen LogP contribution in [0.3, 0.4) is 0 Å². The molecule has 0 bridgehead atoms. The van der Waals surface area contributed by atoms with E-state index < -0.39 is 10.0 Å². The molecule has 0 saturated carbocycles. The molecule has 4 rings (SSSR count). The maximum Gasteiger partial charge on any atom is 0.262 e. The van der Waals surface area contributed by atoms with Crippen LogP contribution in [0.2, 0.25) is 0 Å². The summed E-state index contributed by atoms with van der Waals surface area (Å²) in [6.45, 7) is 1.69. The fourth-order valence-electron chi connectivity index (χ4n) is 3.32. The third-order valence-corrected chi connectivity index (χ3v) is 7.48. The molecule has 0 unspecified atom stereocenters. The molecule has 0 atom stereocenters. The Labute approximate surface area is 202 Å². The van der Waals surface area contributed by atoms with Crippen molar-refractivity contribution in [2.45, 2.75) is 25.0 Å². The second-order valence-corrected chi connectivity index (χ2v) is 10.6. The summed E-state index contributed by atoms with van der Waals surface area (Å²) < 4.78 is 35.4. The van der Waals surface area contributed by atoms with Crippen LogP contribution >= 0.6 is 11.3 Å². The van der Waals surface area contributed by atoms with Crippen LogP contribution in [0, 0.1) is 0 Å². The first kappa shape index (κ1) is 23.8. The molecule has 0 spiro atoms. The van der Waals surface area contributed by atoms with Crippen molar-refractivity contribution in [1.82, 2.24) is 18.8 Å². The Morgan fingerprint density at radius 1 is 1.09 bits per heavy atom. The molecular weight excluding hydrogens is 472 g/mol. The van der Waals surface area contributed by atoms with Crippen LogP contribution in [0.1, 0.15) is 18.1 Å². The Kier molecular flexibility index (Phi) is 7.20. The lowest BCUT2D eigenvalue weighted by atomic mass is 10.1. The Hall–Kier alpha value is -3.34. The molecule has 2 heterocycles. The third kappa shape index (κ3) is 5.77. The fraction of sp³-hybridized carbons (Fsp3) is 0.208. The van der Waals surface area contributed by atoms with Crippen molar-refractivity contribution in [3.8, 4) is 16.3 Å². The van der Waals surface area contributed by atoms with Gasteiger partial charge in [0.2, 0.25) is 0 Å². The number of benzene rings is 2. The van der Waals surface area contributed by atoms with Crippen LogP contribution in [0.5, 0.6) is 5.75 Å². The largest absolute Gasteiger partial charge is 0.486 e. The minimum atomic E-state index is -3.87. The zero-order valence-electron chi connectivity index (χ0n) is 18.8. The maximum atomic E-state index is 13.5. The quantitative estimate of drug-likeness (QED) is 0.331. The van der Waals surface area contributed by atoms with Crippen molar-refractivity contribution in [3.05, 3.63) is 83.8 Å². The second kappa shape index (κ2) is 10.3. The molecule has 0 saturated heterocycles. The normalized spacial score (nSPS) is 11.6. The average Bonchev–Trinajstić information content (AvgIpc) is 3.50. The van der Waals surface area contributed by atoms with Crippen LogP contribution in [0.25, 0.3) is 10.6 Å². The topological polar surface area (TPSA) is 94.4 Å². The lowest BCUT2D eigenvalue weighted by molar-refractivity contribution is -0.118. The highest BCUT2D eigenvalue weighted by Gasteiger charge is 2.27. The molecular formula is C24H24N4O4S2. The highest BCUT2D eigenvalue weighted by molar-refractivity contribution is 7.89. The number of imidazole rings is 1. The molecule has 4 aromatic rings. The van der Waals surface area contributed by atoms with E-state index in [0.29, 0.717) is 5.75 Å². The summed E-state index contributed by atoms with van der Waals surface area (Å²) in [6, 6.07) is 14.8. The van der Waals surface area contributed by atoms with Gasteiger partial charge in [-0.25, -0.2) is 18.4 Å². The zero-order valence-corrected chi connectivity index (χ0v) is 20.4. The number of hydrogen-bond acceptors (Lipinski definition) is 7. The minimum Gasteiger partial charge on any atom is -0.486 e. The van der Waals surface area contributed by atoms with Crippen LogP contribution in [0.4, 0.5) is 0 Å². The molecule has 0 amide bonds. The van der Waals surface area contributed by atoms with Gasteiger partial charge >= 0.3 is 0 Å². The Balaban J connectivity index is 1.61. The Bertz CT molecular complexity index is 1360. The molecule has 10 heteroatoms. The second-order valence-electron chi connectivity index (χ2n) is 7.82. The van der Waals surface area contributed by atoms with Crippen molar-refractivity contribution < 1.29 is 17.9 Å². The van der Waals surface area contributed by atoms with Crippen LogP contribution < -0.4 is 4.74 Å². The summed E-state index contributed by atoms with van der Waals surface area (Å²) in [5, 5.41) is 2.81. The highest BCUT2D eigenvalue weighted by Crippen LogP contribution is 2.25. The van der Waals surface area contributed by atoms with Gasteiger partial charge in [-0.05, 0) is 30.2 Å². The molecule has 2 aromatic carbocycles. The average molecular weight is 497 g/mol. The number of ketones is 1. The van der Waals surface area contributed by atoms with Gasteiger partial charge in [-0.2, -0.15) is 4.31 Å². The summed E-state index contributed by atoms with van der Waals surface area (Å²) in [5.41, 5.74) is 2.55. The molecule has 0 radical (unpaired) electrons. The van der Waals surface area contributed by atoms with Gasteiger partial charge in [-0.1, -0.05) is 36.4 Å². The number of carbonyl (C=O) groups is 1. The number of aryl methyl sites for hydroxylation is 1.